The largest absolute Gasteiger partial charge is 0.368 e. The predicted octanol–water partition coefficient (Wildman–Crippen LogP) is 3.47. The number of nitrogens with zero attached hydrogens (tertiary/aromatic N) is 4. The molecule has 0 N–H and O–H groups in total. The molecular weight excluding hydrogens is 296 g/mol. The Morgan fingerprint density at radius 2 is 1.25 bits per heavy atom. The first kappa shape index (κ1) is 14.7. The third-order valence-electron chi connectivity index (χ3n) is 4.51. The van der Waals surface area contributed by atoms with Gasteiger partial charge in [-0.25, -0.2) is 9.97 Å². The summed E-state index contributed by atoms with van der Waals surface area (Å²) in [5.41, 5.74) is 4.93. The van der Waals surface area contributed by atoms with Gasteiger partial charge in [0.05, 0.1) is 18.1 Å². The van der Waals surface area contributed by atoms with Gasteiger partial charge in [0, 0.05) is 31.9 Å². The highest BCUT2D eigenvalue weighted by Crippen LogP contribution is 2.26. The van der Waals surface area contributed by atoms with Crippen molar-refractivity contribution in [2.75, 3.05) is 36.0 Å². The maximum atomic E-state index is 4.12. The lowest BCUT2D eigenvalue weighted by Crippen LogP contribution is -2.46. The number of benzene rings is 2. The van der Waals surface area contributed by atoms with Crippen molar-refractivity contribution in [2.24, 2.45) is 0 Å². The molecule has 1 fully saturated rings. The maximum Gasteiger partial charge on any atom is 0.115 e. The van der Waals surface area contributed by atoms with Crippen LogP contribution in [0.25, 0.3) is 11.1 Å². The summed E-state index contributed by atoms with van der Waals surface area (Å²) in [4.78, 5) is 13.0. The first-order chi connectivity index (χ1) is 11.9. The molecule has 0 atom stereocenters. The Labute approximate surface area is 142 Å². The minimum atomic E-state index is 0.989. The van der Waals surface area contributed by atoms with E-state index in [1.807, 2.05) is 12.4 Å². The van der Waals surface area contributed by atoms with Gasteiger partial charge in [-0.1, -0.05) is 42.5 Å². The molecule has 0 aliphatic carbocycles. The van der Waals surface area contributed by atoms with Gasteiger partial charge in [-0.3, -0.25) is 0 Å². The summed E-state index contributed by atoms with van der Waals surface area (Å²) in [6.45, 7) is 3.99. The number of hydrogen-bond acceptors (Lipinski definition) is 4. The van der Waals surface area contributed by atoms with Crippen LogP contribution >= 0.6 is 0 Å². The topological polar surface area (TPSA) is 32.3 Å². The molecule has 0 spiro atoms. The number of piperazine rings is 1. The SMILES string of the molecule is c1ccc(-c2cccc(N3CCN(c4cncnc4)CC3)c2)cc1. The van der Waals surface area contributed by atoms with Crippen molar-refractivity contribution in [3.63, 3.8) is 0 Å². The summed E-state index contributed by atoms with van der Waals surface area (Å²) in [5, 5.41) is 0. The second-order valence-electron chi connectivity index (χ2n) is 5.99. The lowest BCUT2D eigenvalue weighted by atomic mass is 10.0. The van der Waals surface area contributed by atoms with E-state index in [4.69, 9.17) is 0 Å². The average molecular weight is 316 g/mol. The smallest absolute Gasteiger partial charge is 0.115 e. The molecule has 2 heterocycles. The van der Waals surface area contributed by atoms with Gasteiger partial charge in [-0.2, -0.15) is 0 Å². The molecule has 1 aliphatic rings. The van der Waals surface area contributed by atoms with E-state index in [0.29, 0.717) is 0 Å². The summed E-state index contributed by atoms with van der Waals surface area (Å²) >= 11 is 0. The van der Waals surface area contributed by atoms with E-state index in [9.17, 15) is 0 Å². The average Bonchev–Trinajstić information content (AvgIpc) is 2.70. The van der Waals surface area contributed by atoms with Crippen LogP contribution in [0.5, 0.6) is 0 Å². The van der Waals surface area contributed by atoms with Crippen molar-refractivity contribution < 1.29 is 0 Å². The first-order valence-corrected chi connectivity index (χ1v) is 8.30. The second-order valence-corrected chi connectivity index (χ2v) is 5.99. The van der Waals surface area contributed by atoms with Crippen molar-refractivity contribution >= 4 is 11.4 Å². The van der Waals surface area contributed by atoms with E-state index in [-0.39, 0.29) is 0 Å². The van der Waals surface area contributed by atoms with Crippen LogP contribution in [-0.4, -0.2) is 36.1 Å². The lowest BCUT2D eigenvalue weighted by molar-refractivity contribution is 0.651. The summed E-state index contributed by atoms with van der Waals surface area (Å²) in [6.07, 6.45) is 5.35. The monoisotopic (exact) mass is 316 g/mol. The molecule has 3 aromatic rings. The molecule has 4 heteroatoms. The van der Waals surface area contributed by atoms with Crippen molar-refractivity contribution in [1.29, 1.82) is 0 Å². The molecule has 0 radical (unpaired) electrons. The number of aromatic nitrogens is 2. The predicted molar refractivity (Wildman–Crippen MR) is 98.3 cm³/mol. The first-order valence-electron chi connectivity index (χ1n) is 8.30. The number of hydrogen-bond donors (Lipinski definition) is 0. The zero-order valence-electron chi connectivity index (χ0n) is 13.5. The fraction of sp³-hybridized carbons (Fsp3) is 0.200. The third kappa shape index (κ3) is 3.08. The van der Waals surface area contributed by atoms with Crippen molar-refractivity contribution in [2.45, 2.75) is 0 Å². The van der Waals surface area contributed by atoms with Crippen LogP contribution in [0.2, 0.25) is 0 Å². The highest BCUT2D eigenvalue weighted by Gasteiger charge is 2.18. The van der Waals surface area contributed by atoms with E-state index < -0.39 is 0 Å². The van der Waals surface area contributed by atoms with Crippen molar-refractivity contribution in [3.05, 3.63) is 73.3 Å². The minimum absolute atomic E-state index is 0.989. The van der Waals surface area contributed by atoms with Crippen LogP contribution in [-0.2, 0) is 0 Å². The normalized spacial score (nSPS) is 14.7. The Morgan fingerprint density at radius 1 is 0.625 bits per heavy atom. The van der Waals surface area contributed by atoms with Gasteiger partial charge in [-0.05, 0) is 23.3 Å². The maximum absolute atomic E-state index is 4.12. The van der Waals surface area contributed by atoms with Crippen LogP contribution < -0.4 is 9.80 Å². The van der Waals surface area contributed by atoms with E-state index in [1.54, 1.807) is 6.33 Å². The van der Waals surface area contributed by atoms with E-state index in [2.05, 4.69) is 74.4 Å². The summed E-state index contributed by atoms with van der Waals surface area (Å²) in [5.74, 6) is 0. The summed E-state index contributed by atoms with van der Waals surface area (Å²) in [6, 6.07) is 19.4. The van der Waals surface area contributed by atoms with Crippen LogP contribution in [0.3, 0.4) is 0 Å². The van der Waals surface area contributed by atoms with Crippen LogP contribution in [0, 0.1) is 0 Å². The van der Waals surface area contributed by atoms with Gasteiger partial charge in [0.25, 0.3) is 0 Å². The third-order valence-corrected chi connectivity index (χ3v) is 4.51. The molecule has 2 aromatic carbocycles. The standard InChI is InChI=1S/C20H20N4/c1-2-5-17(6-3-1)18-7-4-8-19(13-18)23-9-11-24(12-10-23)20-14-21-16-22-15-20/h1-8,13-16H,9-12H2. The highest BCUT2D eigenvalue weighted by atomic mass is 15.3. The van der Waals surface area contributed by atoms with Crippen molar-refractivity contribution in [1.82, 2.24) is 9.97 Å². The highest BCUT2D eigenvalue weighted by molar-refractivity contribution is 5.68. The summed E-state index contributed by atoms with van der Waals surface area (Å²) < 4.78 is 0. The Kier molecular flexibility index (Phi) is 4.11. The van der Waals surface area contributed by atoms with Crippen LogP contribution in [0.15, 0.2) is 73.3 Å². The molecule has 120 valence electrons. The molecule has 4 nitrogen and oxygen atoms in total. The molecule has 0 bridgehead atoms. The molecular formula is C20H20N4. The van der Waals surface area contributed by atoms with Gasteiger partial charge in [0.1, 0.15) is 6.33 Å². The lowest BCUT2D eigenvalue weighted by Gasteiger charge is -2.37. The second kappa shape index (κ2) is 6.71. The molecule has 4 rings (SSSR count). The van der Waals surface area contributed by atoms with E-state index >= 15 is 0 Å². The minimum Gasteiger partial charge on any atom is -0.368 e. The molecule has 0 saturated carbocycles. The van der Waals surface area contributed by atoms with E-state index in [1.165, 1.54) is 16.8 Å². The zero-order chi connectivity index (χ0) is 16.2. The van der Waals surface area contributed by atoms with Gasteiger partial charge < -0.3 is 9.80 Å². The van der Waals surface area contributed by atoms with Crippen LogP contribution in [0.1, 0.15) is 0 Å². The molecule has 0 unspecified atom stereocenters. The molecule has 24 heavy (non-hydrogen) atoms. The Bertz CT molecular complexity index is 781. The molecule has 1 aromatic heterocycles. The van der Waals surface area contributed by atoms with Crippen LogP contribution in [0.4, 0.5) is 11.4 Å². The number of anilines is 2. The van der Waals surface area contributed by atoms with Gasteiger partial charge in [-0.15, -0.1) is 0 Å². The van der Waals surface area contributed by atoms with Gasteiger partial charge in [0.15, 0.2) is 0 Å². The van der Waals surface area contributed by atoms with E-state index in [0.717, 1.165) is 31.9 Å². The molecule has 1 aliphatic heterocycles. The Balaban J connectivity index is 1.48. The fourth-order valence-electron chi connectivity index (χ4n) is 3.19. The summed E-state index contributed by atoms with van der Waals surface area (Å²) in [7, 11) is 0. The Morgan fingerprint density at radius 3 is 1.96 bits per heavy atom. The molecule has 0 amide bonds. The quantitative estimate of drug-likeness (QED) is 0.740. The molecule has 1 saturated heterocycles. The number of rotatable bonds is 3. The Hall–Kier alpha value is -2.88. The van der Waals surface area contributed by atoms with Gasteiger partial charge >= 0.3 is 0 Å². The fourth-order valence-corrected chi connectivity index (χ4v) is 3.19. The van der Waals surface area contributed by atoms with Crippen molar-refractivity contribution in [3.8, 4) is 11.1 Å². The van der Waals surface area contributed by atoms with Gasteiger partial charge in [0.2, 0.25) is 0 Å². The zero-order valence-corrected chi connectivity index (χ0v) is 13.5.